The zero-order valence-electron chi connectivity index (χ0n) is 18.6. The molecule has 0 saturated heterocycles. The molecule has 3 aromatic heterocycles. The first kappa shape index (κ1) is 22.1. The highest BCUT2D eigenvalue weighted by Crippen LogP contribution is 2.30. The molecule has 1 aromatic carbocycles. The van der Waals surface area contributed by atoms with Gasteiger partial charge in [0.2, 0.25) is 0 Å². The molecule has 4 aromatic rings. The first-order chi connectivity index (χ1) is 15.5. The molecule has 0 aliphatic carbocycles. The van der Waals surface area contributed by atoms with Crippen molar-refractivity contribution in [3.05, 3.63) is 65.9 Å². The number of hydrogen-bond donors (Lipinski definition) is 2. The Balaban J connectivity index is 1.47. The third-order valence-electron chi connectivity index (χ3n) is 5.33. The number of pyridine rings is 2. The lowest BCUT2D eigenvalue weighted by atomic mass is 10.2. The number of thiazole rings is 1. The number of anilines is 4. The second-order valence-electron chi connectivity index (χ2n) is 7.86. The third-order valence-corrected chi connectivity index (χ3v) is 6.21. The molecule has 0 unspecified atom stereocenters. The standard InChI is InChI=1S/C24H28N6OS/c1-17-4-6-19(7-5-17)30(3)22-9-8-20-23(28-22)32-24(26-20)27-21-16-18(10-12-25-21)11-13-29(2)14-15-31/h4-10,12,16,31H,11,13-15H2,1-3H3,(H,25,26,27). The number of aryl methyl sites for hydroxylation is 1. The minimum atomic E-state index is 0.174. The highest BCUT2D eigenvalue weighted by Gasteiger charge is 2.11. The van der Waals surface area contributed by atoms with Crippen LogP contribution in [0.4, 0.5) is 22.5 Å². The average molecular weight is 449 g/mol. The maximum atomic E-state index is 9.04. The average Bonchev–Trinajstić information content (AvgIpc) is 3.19. The Kier molecular flexibility index (Phi) is 6.94. The summed E-state index contributed by atoms with van der Waals surface area (Å²) in [5, 5.41) is 13.1. The molecule has 8 heteroatoms. The number of aliphatic hydroxyl groups is 1. The Hall–Kier alpha value is -3.07. The van der Waals surface area contributed by atoms with Crippen LogP contribution in [-0.4, -0.2) is 58.8 Å². The van der Waals surface area contributed by atoms with Crippen molar-refractivity contribution < 1.29 is 5.11 Å². The molecule has 0 spiro atoms. The zero-order chi connectivity index (χ0) is 22.5. The topological polar surface area (TPSA) is 77.4 Å². The highest BCUT2D eigenvalue weighted by atomic mass is 32.1. The lowest BCUT2D eigenvalue weighted by Crippen LogP contribution is -2.24. The molecule has 0 aliphatic heterocycles. The molecule has 4 rings (SSSR count). The molecule has 0 fully saturated rings. The van der Waals surface area contributed by atoms with Crippen LogP contribution >= 0.6 is 11.3 Å². The predicted octanol–water partition coefficient (Wildman–Crippen LogP) is 4.37. The number of aromatic nitrogens is 3. The Labute approximate surface area is 192 Å². The second-order valence-corrected chi connectivity index (χ2v) is 8.84. The molecule has 7 nitrogen and oxygen atoms in total. The molecule has 0 amide bonds. The number of aliphatic hydroxyl groups excluding tert-OH is 1. The second kappa shape index (κ2) is 10.0. The van der Waals surface area contributed by atoms with Gasteiger partial charge in [0.15, 0.2) is 5.13 Å². The summed E-state index contributed by atoms with van der Waals surface area (Å²) in [6, 6.07) is 16.5. The van der Waals surface area contributed by atoms with E-state index in [0.717, 1.165) is 45.8 Å². The highest BCUT2D eigenvalue weighted by molar-refractivity contribution is 7.21. The van der Waals surface area contributed by atoms with E-state index in [1.165, 1.54) is 22.5 Å². The van der Waals surface area contributed by atoms with Crippen molar-refractivity contribution in [3.8, 4) is 0 Å². The minimum Gasteiger partial charge on any atom is -0.395 e. The van der Waals surface area contributed by atoms with Crippen LogP contribution in [0, 0.1) is 6.92 Å². The Bertz CT molecular complexity index is 1180. The first-order valence-electron chi connectivity index (χ1n) is 10.6. The van der Waals surface area contributed by atoms with Gasteiger partial charge in [-0.05, 0) is 62.4 Å². The van der Waals surface area contributed by atoms with Crippen molar-refractivity contribution >= 4 is 44.1 Å². The Morgan fingerprint density at radius 2 is 1.81 bits per heavy atom. The fourth-order valence-corrected chi connectivity index (χ4v) is 4.20. The molecular formula is C24H28N6OS. The third kappa shape index (κ3) is 5.40. The summed E-state index contributed by atoms with van der Waals surface area (Å²) in [5.74, 6) is 1.65. The van der Waals surface area contributed by atoms with E-state index in [9.17, 15) is 0 Å². The minimum absolute atomic E-state index is 0.174. The van der Waals surface area contributed by atoms with Crippen LogP contribution in [-0.2, 0) is 6.42 Å². The van der Waals surface area contributed by atoms with Gasteiger partial charge in [-0.2, -0.15) is 0 Å². The predicted molar refractivity (Wildman–Crippen MR) is 132 cm³/mol. The van der Waals surface area contributed by atoms with Crippen molar-refractivity contribution in [2.45, 2.75) is 13.3 Å². The van der Waals surface area contributed by atoms with Gasteiger partial charge in [-0.3, -0.25) is 0 Å². The van der Waals surface area contributed by atoms with Crippen molar-refractivity contribution in [2.24, 2.45) is 0 Å². The van der Waals surface area contributed by atoms with Gasteiger partial charge in [0, 0.05) is 32.0 Å². The lowest BCUT2D eigenvalue weighted by molar-refractivity contribution is 0.223. The molecule has 0 aliphatic rings. The monoisotopic (exact) mass is 448 g/mol. The van der Waals surface area contributed by atoms with Gasteiger partial charge in [0.05, 0.1) is 6.61 Å². The van der Waals surface area contributed by atoms with Crippen LogP contribution in [0.5, 0.6) is 0 Å². The quantitative estimate of drug-likeness (QED) is 0.394. The molecular weight excluding hydrogens is 420 g/mol. The normalized spacial score (nSPS) is 11.3. The van der Waals surface area contributed by atoms with E-state index in [4.69, 9.17) is 10.1 Å². The van der Waals surface area contributed by atoms with E-state index in [0.29, 0.717) is 6.54 Å². The van der Waals surface area contributed by atoms with Crippen LogP contribution < -0.4 is 10.2 Å². The fraction of sp³-hybridized carbons (Fsp3) is 0.292. The van der Waals surface area contributed by atoms with Crippen LogP contribution in [0.3, 0.4) is 0 Å². The van der Waals surface area contributed by atoms with Crippen LogP contribution in [0.1, 0.15) is 11.1 Å². The largest absolute Gasteiger partial charge is 0.395 e. The van der Waals surface area contributed by atoms with E-state index in [1.54, 1.807) is 0 Å². The van der Waals surface area contributed by atoms with Crippen molar-refractivity contribution in [3.63, 3.8) is 0 Å². The number of likely N-dealkylation sites (N-methyl/N-ethyl adjacent to an activating group) is 1. The van der Waals surface area contributed by atoms with E-state index >= 15 is 0 Å². The fourth-order valence-electron chi connectivity index (χ4n) is 3.36. The van der Waals surface area contributed by atoms with Gasteiger partial charge in [-0.25, -0.2) is 15.0 Å². The lowest BCUT2D eigenvalue weighted by Gasteiger charge is -2.18. The van der Waals surface area contributed by atoms with E-state index in [2.05, 4.69) is 56.3 Å². The summed E-state index contributed by atoms with van der Waals surface area (Å²) in [5.41, 5.74) is 4.38. The molecule has 166 valence electrons. The smallest absolute Gasteiger partial charge is 0.190 e. The number of fused-ring (bicyclic) bond motifs is 1. The van der Waals surface area contributed by atoms with E-state index < -0.39 is 0 Å². The molecule has 2 N–H and O–H groups in total. The SMILES string of the molecule is Cc1ccc(N(C)c2ccc3nc(Nc4cc(CCN(C)CCO)ccn4)sc3n2)cc1. The van der Waals surface area contributed by atoms with Crippen LogP contribution in [0.2, 0.25) is 0 Å². The summed E-state index contributed by atoms with van der Waals surface area (Å²) >= 11 is 1.52. The van der Waals surface area contributed by atoms with Gasteiger partial charge in [0.1, 0.15) is 22.0 Å². The maximum absolute atomic E-state index is 9.04. The van der Waals surface area contributed by atoms with Gasteiger partial charge >= 0.3 is 0 Å². The van der Waals surface area contributed by atoms with Crippen molar-refractivity contribution in [2.75, 3.05) is 44.0 Å². The number of rotatable bonds is 9. The zero-order valence-corrected chi connectivity index (χ0v) is 19.4. The number of hydrogen-bond acceptors (Lipinski definition) is 8. The number of benzene rings is 1. The van der Waals surface area contributed by atoms with Crippen LogP contribution in [0.25, 0.3) is 10.3 Å². The Morgan fingerprint density at radius 1 is 1.00 bits per heavy atom. The molecule has 0 radical (unpaired) electrons. The van der Waals surface area contributed by atoms with Gasteiger partial charge in [-0.15, -0.1) is 0 Å². The maximum Gasteiger partial charge on any atom is 0.190 e. The van der Waals surface area contributed by atoms with Gasteiger partial charge in [0.25, 0.3) is 0 Å². The molecule has 3 heterocycles. The molecule has 0 bridgehead atoms. The van der Waals surface area contributed by atoms with Crippen molar-refractivity contribution in [1.29, 1.82) is 0 Å². The molecule has 0 saturated carbocycles. The van der Waals surface area contributed by atoms with Crippen LogP contribution in [0.15, 0.2) is 54.7 Å². The van der Waals surface area contributed by atoms with Crippen molar-refractivity contribution in [1.82, 2.24) is 19.9 Å². The summed E-state index contributed by atoms with van der Waals surface area (Å²) in [4.78, 5) is 19.0. The molecule has 0 atom stereocenters. The summed E-state index contributed by atoms with van der Waals surface area (Å²) in [6.45, 7) is 3.82. The summed E-state index contributed by atoms with van der Waals surface area (Å²) in [7, 11) is 4.03. The first-order valence-corrected chi connectivity index (χ1v) is 11.4. The summed E-state index contributed by atoms with van der Waals surface area (Å²) < 4.78 is 0. The summed E-state index contributed by atoms with van der Waals surface area (Å²) in [6.07, 6.45) is 2.70. The van der Waals surface area contributed by atoms with Gasteiger partial charge in [-0.1, -0.05) is 29.0 Å². The Morgan fingerprint density at radius 3 is 2.59 bits per heavy atom. The van der Waals surface area contributed by atoms with Gasteiger partial charge < -0.3 is 20.2 Å². The number of nitrogens with zero attached hydrogens (tertiary/aromatic N) is 5. The van der Waals surface area contributed by atoms with E-state index in [-0.39, 0.29) is 6.61 Å². The number of nitrogens with one attached hydrogen (secondary N) is 1. The molecule has 32 heavy (non-hydrogen) atoms. The van der Waals surface area contributed by atoms with E-state index in [1.807, 2.05) is 44.6 Å².